The molecule has 0 aliphatic heterocycles. The Bertz CT molecular complexity index is 404. The molecule has 0 aliphatic carbocycles. The van der Waals surface area contributed by atoms with Crippen LogP contribution in [-0.2, 0) is 11.2 Å². The summed E-state index contributed by atoms with van der Waals surface area (Å²) in [5, 5.41) is 0. The van der Waals surface area contributed by atoms with Crippen LogP contribution in [0.4, 0.5) is 0 Å². The van der Waals surface area contributed by atoms with Crippen molar-refractivity contribution in [3.63, 3.8) is 0 Å². The van der Waals surface area contributed by atoms with Crippen LogP contribution in [0.2, 0.25) is 0 Å². The predicted molar refractivity (Wildman–Crippen MR) is 80.7 cm³/mol. The van der Waals surface area contributed by atoms with Gasteiger partial charge in [-0.1, -0.05) is 55.8 Å². The third kappa shape index (κ3) is 6.34. The summed E-state index contributed by atoms with van der Waals surface area (Å²) in [6.45, 7) is 8.84. The summed E-state index contributed by atoms with van der Waals surface area (Å²) in [6.07, 6.45) is 2.33. The number of ketones is 1. The maximum absolute atomic E-state index is 12.0. The molecule has 1 atom stereocenters. The number of carbonyl (C=O) groups excluding carboxylic acids is 1. The Kier molecular flexibility index (Phi) is 5.58. The van der Waals surface area contributed by atoms with Gasteiger partial charge in [-0.05, 0) is 35.4 Å². The first-order chi connectivity index (χ1) is 8.26. The minimum atomic E-state index is 0.301. The van der Waals surface area contributed by atoms with E-state index < -0.39 is 0 Å². The average molecular weight is 311 g/mol. The zero-order chi connectivity index (χ0) is 13.8. The van der Waals surface area contributed by atoms with Crippen molar-refractivity contribution < 1.29 is 4.79 Å². The van der Waals surface area contributed by atoms with Crippen LogP contribution in [0.15, 0.2) is 28.7 Å². The first kappa shape index (κ1) is 15.4. The van der Waals surface area contributed by atoms with E-state index in [2.05, 4.69) is 43.6 Å². The van der Waals surface area contributed by atoms with E-state index in [0.29, 0.717) is 30.0 Å². The minimum absolute atomic E-state index is 0.301. The van der Waals surface area contributed by atoms with E-state index in [-0.39, 0.29) is 0 Å². The lowest BCUT2D eigenvalue weighted by molar-refractivity contribution is -0.119. The summed E-state index contributed by atoms with van der Waals surface area (Å²) in [5.74, 6) is 0.800. The number of hydrogen-bond acceptors (Lipinski definition) is 1. The summed E-state index contributed by atoms with van der Waals surface area (Å²) >= 11 is 3.43. The summed E-state index contributed by atoms with van der Waals surface area (Å²) in [6, 6.07) is 7.99. The van der Waals surface area contributed by atoms with Gasteiger partial charge in [0, 0.05) is 17.3 Å². The quantitative estimate of drug-likeness (QED) is 0.746. The second-order valence-electron chi connectivity index (χ2n) is 6.42. The van der Waals surface area contributed by atoms with Crippen molar-refractivity contribution in [1.29, 1.82) is 0 Å². The van der Waals surface area contributed by atoms with Gasteiger partial charge >= 0.3 is 0 Å². The van der Waals surface area contributed by atoms with Gasteiger partial charge in [0.2, 0.25) is 0 Å². The number of benzene rings is 1. The van der Waals surface area contributed by atoms with Crippen LogP contribution in [0.3, 0.4) is 0 Å². The molecule has 1 nitrogen and oxygen atoms in total. The molecule has 1 aromatic rings. The van der Waals surface area contributed by atoms with Crippen molar-refractivity contribution in [2.45, 2.75) is 47.0 Å². The van der Waals surface area contributed by atoms with Crippen LogP contribution >= 0.6 is 15.9 Å². The molecule has 18 heavy (non-hydrogen) atoms. The van der Waals surface area contributed by atoms with E-state index in [1.807, 2.05) is 24.3 Å². The van der Waals surface area contributed by atoms with Gasteiger partial charge in [0.25, 0.3) is 0 Å². The fourth-order valence-corrected chi connectivity index (χ4v) is 2.90. The van der Waals surface area contributed by atoms with Crippen molar-refractivity contribution >= 4 is 21.7 Å². The third-order valence-corrected chi connectivity index (χ3v) is 3.32. The summed E-state index contributed by atoms with van der Waals surface area (Å²) in [4.78, 5) is 12.0. The van der Waals surface area contributed by atoms with Crippen LogP contribution in [0.1, 0.15) is 46.1 Å². The molecule has 0 bridgehead atoms. The zero-order valence-corrected chi connectivity index (χ0v) is 13.4. The Morgan fingerprint density at radius 2 is 2.00 bits per heavy atom. The highest BCUT2D eigenvalue weighted by atomic mass is 79.9. The monoisotopic (exact) mass is 310 g/mol. The minimum Gasteiger partial charge on any atom is -0.299 e. The Morgan fingerprint density at radius 3 is 2.56 bits per heavy atom. The van der Waals surface area contributed by atoms with Gasteiger partial charge in [-0.25, -0.2) is 0 Å². The molecular weight excluding hydrogens is 288 g/mol. The van der Waals surface area contributed by atoms with E-state index in [9.17, 15) is 4.79 Å². The van der Waals surface area contributed by atoms with Crippen molar-refractivity contribution in [3.05, 3.63) is 34.3 Å². The molecule has 0 heterocycles. The van der Waals surface area contributed by atoms with E-state index in [4.69, 9.17) is 0 Å². The molecule has 0 aliphatic rings. The normalized spacial score (nSPS) is 13.4. The Morgan fingerprint density at radius 1 is 1.33 bits per heavy atom. The number of hydrogen-bond donors (Lipinski definition) is 0. The van der Waals surface area contributed by atoms with E-state index in [1.165, 1.54) is 0 Å². The summed E-state index contributed by atoms with van der Waals surface area (Å²) < 4.78 is 1.04. The van der Waals surface area contributed by atoms with Gasteiger partial charge in [0.05, 0.1) is 0 Å². The third-order valence-electron chi connectivity index (χ3n) is 2.83. The Labute approximate surface area is 119 Å². The number of Topliss-reactive ketones (excluding diaryl/α,β-unsaturated/α-hetero) is 1. The van der Waals surface area contributed by atoms with Crippen LogP contribution < -0.4 is 0 Å². The van der Waals surface area contributed by atoms with Crippen molar-refractivity contribution in [1.82, 2.24) is 0 Å². The molecule has 2 heteroatoms. The van der Waals surface area contributed by atoms with Gasteiger partial charge in [-0.15, -0.1) is 0 Å². The fourth-order valence-electron chi connectivity index (χ4n) is 2.45. The van der Waals surface area contributed by atoms with E-state index >= 15 is 0 Å². The standard InChI is InChI=1S/C16H23BrO/c1-12(11-16(2,3)4)8-15(18)10-13-6-5-7-14(17)9-13/h5-7,9,12H,8,10-11H2,1-4H3. The molecule has 100 valence electrons. The van der Waals surface area contributed by atoms with Gasteiger partial charge in [0.1, 0.15) is 5.78 Å². The Balaban J connectivity index is 2.47. The van der Waals surface area contributed by atoms with Crippen molar-refractivity contribution in [2.75, 3.05) is 0 Å². The molecule has 1 rings (SSSR count). The molecule has 1 aromatic carbocycles. The van der Waals surface area contributed by atoms with E-state index in [0.717, 1.165) is 16.5 Å². The molecule has 0 radical (unpaired) electrons. The average Bonchev–Trinajstić information content (AvgIpc) is 2.13. The first-order valence-corrected chi connectivity index (χ1v) is 7.32. The van der Waals surface area contributed by atoms with Crippen LogP contribution in [0.5, 0.6) is 0 Å². The number of carbonyl (C=O) groups is 1. The molecular formula is C16H23BrO. The molecule has 0 N–H and O–H groups in total. The molecule has 0 spiro atoms. The molecule has 0 aromatic heterocycles. The van der Waals surface area contributed by atoms with Gasteiger partial charge in [-0.2, -0.15) is 0 Å². The Hall–Kier alpha value is -0.630. The lowest BCUT2D eigenvalue weighted by atomic mass is 9.83. The lowest BCUT2D eigenvalue weighted by Gasteiger charge is -2.22. The number of rotatable bonds is 5. The number of halogens is 1. The summed E-state index contributed by atoms with van der Waals surface area (Å²) in [7, 11) is 0. The molecule has 0 saturated heterocycles. The molecule has 0 amide bonds. The van der Waals surface area contributed by atoms with E-state index in [1.54, 1.807) is 0 Å². The van der Waals surface area contributed by atoms with Crippen LogP contribution in [0, 0.1) is 11.3 Å². The van der Waals surface area contributed by atoms with Crippen LogP contribution in [-0.4, -0.2) is 5.78 Å². The van der Waals surface area contributed by atoms with Crippen molar-refractivity contribution in [3.8, 4) is 0 Å². The van der Waals surface area contributed by atoms with Gasteiger partial charge < -0.3 is 0 Å². The molecule has 0 fully saturated rings. The maximum atomic E-state index is 12.0. The largest absolute Gasteiger partial charge is 0.299 e. The zero-order valence-electron chi connectivity index (χ0n) is 11.8. The van der Waals surface area contributed by atoms with Crippen LogP contribution in [0.25, 0.3) is 0 Å². The first-order valence-electron chi connectivity index (χ1n) is 6.52. The smallest absolute Gasteiger partial charge is 0.137 e. The highest BCUT2D eigenvalue weighted by Crippen LogP contribution is 2.26. The van der Waals surface area contributed by atoms with Crippen molar-refractivity contribution in [2.24, 2.45) is 11.3 Å². The second-order valence-corrected chi connectivity index (χ2v) is 7.34. The fraction of sp³-hybridized carbons (Fsp3) is 0.562. The van der Waals surface area contributed by atoms with Gasteiger partial charge in [0.15, 0.2) is 0 Å². The second kappa shape index (κ2) is 6.51. The van der Waals surface area contributed by atoms with Gasteiger partial charge in [-0.3, -0.25) is 4.79 Å². The lowest BCUT2D eigenvalue weighted by Crippen LogP contribution is -2.15. The molecule has 1 unspecified atom stereocenters. The highest BCUT2D eigenvalue weighted by molar-refractivity contribution is 9.10. The topological polar surface area (TPSA) is 17.1 Å². The SMILES string of the molecule is CC(CC(=O)Cc1cccc(Br)c1)CC(C)(C)C. The highest BCUT2D eigenvalue weighted by Gasteiger charge is 2.17. The summed E-state index contributed by atoms with van der Waals surface area (Å²) in [5.41, 5.74) is 1.40. The molecule has 0 saturated carbocycles. The maximum Gasteiger partial charge on any atom is 0.137 e. The predicted octanol–water partition coefficient (Wildman–Crippen LogP) is 5.02.